The number of nitrogens with one attached hydrogen (secondary N) is 2. The van der Waals surface area contributed by atoms with E-state index < -0.39 is 0 Å². The molecule has 2 N–H and O–H groups in total. The van der Waals surface area contributed by atoms with E-state index in [0.29, 0.717) is 11.7 Å². The topological polar surface area (TPSA) is 63.2 Å². The SMILES string of the molecule is CCC(NC(=O)NCc1ccc(Cl)nc1)c1ccc(OC)cc1. The highest BCUT2D eigenvalue weighted by molar-refractivity contribution is 6.29. The molecule has 0 fully saturated rings. The number of pyridine rings is 1. The second-order valence-electron chi connectivity index (χ2n) is 5.05. The Morgan fingerprint density at radius 3 is 2.57 bits per heavy atom. The lowest BCUT2D eigenvalue weighted by Gasteiger charge is -2.18. The number of carbonyl (C=O) groups is 1. The molecule has 1 aromatic heterocycles. The van der Waals surface area contributed by atoms with E-state index in [0.717, 1.165) is 23.3 Å². The van der Waals surface area contributed by atoms with Crippen LogP contribution < -0.4 is 15.4 Å². The summed E-state index contributed by atoms with van der Waals surface area (Å²) >= 11 is 5.73. The van der Waals surface area contributed by atoms with Gasteiger partial charge in [-0.15, -0.1) is 0 Å². The van der Waals surface area contributed by atoms with Gasteiger partial charge in [0.05, 0.1) is 13.2 Å². The van der Waals surface area contributed by atoms with Gasteiger partial charge in [-0.05, 0) is 35.7 Å². The maximum absolute atomic E-state index is 12.1. The lowest BCUT2D eigenvalue weighted by Crippen LogP contribution is -2.37. The van der Waals surface area contributed by atoms with Gasteiger partial charge >= 0.3 is 6.03 Å². The fraction of sp³-hybridized carbons (Fsp3) is 0.294. The molecule has 1 unspecified atom stereocenters. The van der Waals surface area contributed by atoms with E-state index in [1.807, 2.05) is 37.3 Å². The fourth-order valence-corrected chi connectivity index (χ4v) is 2.27. The van der Waals surface area contributed by atoms with Gasteiger partial charge in [0.1, 0.15) is 10.9 Å². The zero-order chi connectivity index (χ0) is 16.7. The Morgan fingerprint density at radius 1 is 1.26 bits per heavy atom. The molecule has 0 saturated heterocycles. The summed E-state index contributed by atoms with van der Waals surface area (Å²) in [6.45, 7) is 2.42. The molecule has 6 heteroatoms. The molecule has 2 rings (SSSR count). The van der Waals surface area contributed by atoms with Crippen molar-refractivity contribution in [2.75, 3.05) is 7.11 Å². The number of amides is 2. The number of methoxy groups -OCH3 is 1. The smallest absolute Gasteiger partial charge is 0.315 e. The number of nitrogens with zero attached hydrogens (tertiary/aromatic N) is 1. The van der Waals surface area contributed by atoms with Crippen LogP contribution in [0.3, 0.4) is 0 Å². The Hall–Kier alpha value is -2.27. The Bertz CT molecular complexity index is 629. The summed E-state index contributed by atoms with van der Waals surface area (Å²) in [5, 5.41) is 6.22. The molecule has 0 bridgehead atoms. The maximum atomic E-state index is 12.1. The van der Waals surface area contributed by atoms with E-state index >= 15 is 0 Å². The van der Waals surface area contributed by atoms with Crippen LogP contribution in [0.5, 0.6) is 5.75 Å². The molecule has 0 aliphatic heterocycles. The molecule has 0 spiro atoms. The Kier molecular flexibility index (Phi) is 6.23. The van der Waals surface area contributed by atoms with Crippen molar-refractivity contribution < 1.29 is 9.53 Å². The van der Waals surface area contributed by atoms with Gasteiger partial charge in [-0.1, -0.05) is 36.7 Å². The van der Waals surface area contributed by atoms with Gasteiger partial charge in [0, 0.05) is 12.7 Å². The number of halogens is 1. The first-order valence-corrected chi connectivity index (χ1v) is 7.79. The van der Waals surface area contributed by atoms with Gasteiger partial charge in [0.2, 0.25) is 0 Å². The second kappa shape index (κ2) is 8.39. The zero-order valence-electron chi connectivity index (χ0n) is 13.2. The fourth-order valence-electron chi connectivity index (χ4n) is 2.16. The van der Waals surface area contributed by atoms with Crippen molar-refractivity contribution in [3.8, 4) is 5.75 Å². The van der Waals surface area contributed by atoms with E-state index in [2.05, 4.69) is 15.6 Å². The first-order chi connectivity index (χ1) is 11.1. The van der Waals surface area contributed by atoms with Gasteiger partial charge in [0.25, 0.3) is 0 Å². The lowest BCUT2D eigenvalue weighted by molar-refractivity contribution is 0.236. The Morgan fingerprint density at radius 2 is 2.00 bits per heavy atom. The number of hydrogen-bond donors (Lipinski definition) is 2. The van der Waals surface area contributed by atoms with Crippen molar-refractivity contribution in [1.82, 2.24) is 15.6 Å². The first kappa shape index (κ1) is 17.1. The summed E-state index contributed by atoms with van der Waals surface area (Å²) in [5.74, 6) is 0.795. The van der Waals surface area contributed by atoms with Gasteiger partial charge in [-0.2, -0.15) is 0 Å². The molecule has 1 aromatic carbocycles. The second-order valence-corrected chi connectivity index (χ2v) is 5.44. The number of ether oxygens (including phenoxy) is 1. The Labute approximate surface area is 141 Å². The normalized spacial score (nSPS) is 11.6. The highest BCUT2D eigenvalue weighted by Gasteiger charge is 2.12. The highest BCUT2D eigenvalue weighted by atomic mass is 35.5. The molecule has 1 heterocycles. The van der Waals surface area contributed by atoms with Crippen molar-refractivity contribution in [2.24, 2.45) is 0 Å². The van der Waals surface area contributed by atoms with Crippen LogP contribution >= 0.6 is 11.6 Å². The van der Waals surface area contributed by atoms with Gasteiger partial charge in [-0.3, -0.25) is 0 Å². The van der Waals surface area contributed by atoms with E-state index in [1.54, 1.807) is 19.4 Å². The van der Waals surface area contributed by atoms with Crippen molar-refractivity contribution in [3.05, 3.63) is 58.9 Å². The van der Waals surface area contributed by atoms with Crippen molar-refractivity contribution in [3.63, 3.8) is 0 Å². The van der Waals surface area contributed by atoms with Crippen LogP contribution in [0.15, 0.2) is 42.6 Å². The van der Waals surface area contributed by atoms with Crippen molar-refractivity contribution >= 4 is 17.6 Å². The molecule has 2 amide bonds. The molecule has 0 aliphatic carbocycles. The third-order valence-corrected chi connectivity index (χ3v) is 3.70. The first-order valence-electron chi connectivity index (χ1n) is 7.41. The minimum atomic E-state index is -0.220. The van der Waals surface area contributed by atoms with Crippen molar-refractivity contribution in [2.45, 2.75) is 25.9 Å². The van der Waals surface area contributed by atoms with E-state index in [9.17, 15) is 4.79 Å². The average Bonchev–Trinajstić information content (AvgIpc) is 2.59. The summed E-state index contributed by atoms with van der Waals surface area (Å²) in [7, 11) is 1.63. The third-order valence-electron chi connectivity index (χ3n) is 3.47. The molecule has 0 saturated carbocycles. The Balaban J connectivity index is 1.89. The van der Waals surface area contributed by atoms with Crippen molar-refractivity contribution in [1.29, 1.82) is 0 Å². The molecule has 5 nitrogen and oxygen atoms in total. The highest BCUT2D eigenvalue weighted by Crippen LogP contribution is 2.19. The number of rotatable bonds is 6. The van der Waals surface area contributed by atoms with Gasteiger partial charge in [-0.25, -0.2) is 9.78 Å². The van der Waals surface area contributed by atoms with Crippen LogP contribution in [0, 0.1) is 0 Å². The van der Waals surface area contributed by atoms with E-state index in [-0.39, 0.29) is 12.1 Å². The van der Waals surface area contributed by atoms with Gasteiger partial charge < -0.3 is 15.4 Å². The minimum Gasteiger partial charge on any atom is -0.497 e. The molecular weight excluding hydrogens is 314 g/mol. The predicted octanol–water partition coefficient (Wildman–Crippen LogP) is 3.69. The summed E-state index contributed by atoms with van der Waals surface area (Å²) in [6.07, 6.45) is 2.44. The molecule has 0 radical (unpaired) electrons. The minimum absolute atomic E-state index is 0.0516. The van der Waals surface area contributed by atoms with Crippen LogP contribution in [0.2, 0.25) is 5.15 Å². The maximum Gasteiger partial charge on any atom is 0.315 e. The van der Waals surface area contributed by atoms with E-state index in [4.69, 9.17) is 16.3 Å². The average molecular weight is 334 g/mol. The molecule has 122 valence electrons. The number of hydrogen-bond acceptors (Lipinski definition) is 3. The number of aromatic nitrogens is 1. The van der Waals surface area contributed by atoms with Crippen LogP contribution in [-0.4, -0.2) is 18.1 Å². The van der Waals surface area contributed by atoms with Gasteiger partial charge in [0.15, 0.2) is 0 Å². The molecule has 0 aliphatic rings. The van der Waals surface area contributed by atoms with Crippen LogP contribution in [0.25, 0.3) is 0 Å². The molecule has 1 atom stereocenters. The molecular formula is C17H20ClN3O2. The quantitative estimate of drug-likeness (QED) is 0.792. The summed E-state index contributed by atoms with van der Waals surface area (Å²) in [4.78, 5) is 16.0. The molecule has 23 heavy (non-hydrogen) atoms. The number of urea groups is 1. The summed E-state index contributed by atoms with van der Waals surface area (Å²) in [5.41, 5.74) is 1.93. The van der Waals surface area contributed by atoms with Crippen LogP contribution in [0.4, 0.5) is 4.79 Å². The standard InChI is InChI=1S/C17H20ClN3O2/c1-3-15(13-5-7-14(23-2)8-6-13)21-17(22)20-11-12-4-9-16(18)19-10-12/h4-10,15H,3,11H2,1-2H3,(H2,20,21,22). The van der Waals surface area contributed by atoms with E-state index in [1.165, 1.54) is 0 Å². The number of carbonyl (C=O) groups excluding carboxylic acids is 1. The monoisotopic (exact) mass is 333 g/mol. The zero-order valence-corrected chi connectivity index (χ0v) is 13.9. The third kappa shape index (κ3) is 5.14. The van der Waals surface area contributed by atoms with Crippen LogP contribution in [0.1, 0.15) is 30.5 Å². The number of benzene rings is 1. The predicted molar refractivity (Wildman–Crippen MR) is 90.6 cm³/mol. The summed E-state index contributed by atoms with van der Waals surface area (Å²) < 4.78 is 5.14. The lowest BCUT2D eigenvalue weighted by atomic mass is 10.0. The largest absolute Gasteiger partial charge is 0.497 e. The summed E-state index contributed by atoms with van der Waals surface area (Å²) in [6, 6.07) is 10.9. The molecule has 2 aromatic rings. The van der Waals surface area contributed by atoms with Crippen LogP contribution in [-0.2, 0) is 6.54 Å².